The number of nitrogen functional groups attached to an aromatic ring is 1. The summed E-state index contributed by atoms with van der Waals surface area (Å²) >= 11 is 11.8. The average Bonchev–Trinajstić information content (AvgIpc) is 2.54. The summed E-state index contributed by atoms with van der Waals surface area (Å²) in [4.78, 5) is 4.08. The molecule has 5 nitrogen and oxygen atoms in total. The second kappa shape index (κ2) is 4.43. The molecule has 0 bridgehead atoms. The molecule has 2 heterocycles. The van der Waals surface area contributed by atoms with Gasteiger partial charge in [-0.25, -0.2) is 4.98 Å². The van der Waals surface area contributed by atoms with Crippen LogP contribution < -0.4 is 11.1 Å². The predicted octanol–water partition coefficient (Wildman–Crippen LogP) is 2.76. The number of anilines is 3. The summed E-state index contributed by atoms with van der Waals surface area (Å²) in [6.07, 6.45) is 1.83. The van der Waals surface area contributed by atoms with Crippen LogP contribution >= 0.6 is 23.2 Å². The Morgan fingerprint density at radius 2 is 2.06 bits per heavy atom. The third-order valence-electron chi connectivity index (χ3n) is 2.22. The first-order valence-corrected chi connectivity index (χ1v) is 5.61. The Kier molecular flexibility index (Phi) is 3.13. The minimum atomic E-state index is 0.236. The Morgan fingerprint density at radius 1 is 1.35 bits per heavy atom. The van der Waals surface area contributed by atoms with Crippen molar-refractivity contribution in [2.45, 2.75) is 6.92 Å². The molecular weight excluding hydrogens is 261 g/mol. The highest BCUT2D eigenvalue weighted by Gasteiger charge is 2.10. The number of aromatic nitrogens is 3. The van der Waals surface area contributed by atoms with Crippen LogP contribution in [-0.2, 0) is 7.05 Å². The Labute approximate surface area is 109 Å². The molecule has 0 aliphatic carbocycles. The molecule has 2 aromatic heterocycles. The van der Waals surface area contributed by atoms with E-state index in [4.69, 9.17) is 28.9 Å². The van der Waals surface area contributed by atoms with E-state index in [1.807, 2.05) is 20.2 Å². The van der Waals surface area contributed by atoms with Crippen LogP contribution in [0.15, 0.2) is 12.3 Å². The Morgan fingerprint density at radius 3 is 2.65 bits per heavy atom. The van der Waals surface area contributed by atoms with E-state index < -0.39 is 0 Å². The van der Waals surface area contributed by atoms with Gasteiger partial charge in [0.1, 0.15) is 5.82 Å². The highest BCUT2D eigenvalue weighted by molar-refractivity contribution is 6.37. The zero-order valence-electron chi connectivity index (χ0n) is 9.33. The molecule has 0 radical (unpaired) electrons. The smallest absolute Gasteiger partial charge is 0.151 e. The maximum Gasteiger partial charge on any atom is 0.151 e. The van der Waals surface area contributed by atoms with Crippen LogP contribution in [0.25, 0.3) is 0 Å². The van der Waals surface area contributed by atoms with Crippen molar-refractivity contribution in [1.82, 2.24) is 14.8 Å². The molecule has 2 rings (SSSR count). The van der Waals surface area contributed by atoms with Crippen LogP contribution in [0.5, 0.6) is 0 Å². The number of aryl methyl sites for hydroxylation is 2. The molecule has 2 aromatic rings. The minimum Gasteiger partial charge on any atom is -0.382 e. The van der Waals surface area contributed by atoms with E-state index in [9.17, 15) is 0 Å². The lowest BCUT2D eigenvalue weighted by atomic mass is 10.3. The van der Waals surface area contributed by atoms with Crippen molar-refractivity contribution >= 4 is 40.5 Å². The summed E-state index contributed by atoms with van der Waals surface area (Å²) in [5.74, 6) is 0.699. The Balaban J connectivity index is 2.36. The van der Waals surface area contributed by atoms with Crippen molar-refractivity contribution in [2.24, 2.45) is 7.05 Å². The summed E-state index contributed by atoms with van der Waals surface area (Å²) in [6, 6.07) is 1.56. The molecule has 0 fully saturated rings. The number of pyridine rings is 1. The van der Waals surface area contributed by atoms with Gasteiger partial charge in [-0.1, -0.05) is 23.2 Å². The van der Waals surface area contributed by atoms with Crippen LogP contribution in [-0.4, -0.2) is 14.8 Å². The Bertz CT molecular complexity index is 564. The minimum absolute atomic E-state index is 0.236. The first-order chi connectivity index (χ1) is 7.97. The highest BCUT2D eigenvalue weighted by atomic mass is 35.5. The van der Waals surface area contributed by atoms with Crippen molar-refractivity contribution in [3.63, 3.8) is 0 Å². The number of halogens is 2. The van der Waals surface area contributed by atoms with Gasteiger partial charge >= 0.3 is 0 Å². The van der Waals surface area contributed by atoms with Gasteiger partial charge in [-0.05, 0) is 13.0 Å². The van der Waals surface area contributed by atoms with Gasteiger partial charge in [-0.3, -0.25) is 4.68 Å². The number of hydrogen-bond donors (Lipinski definition) is 2. The van der Waals surface area contributed by atoms with Gasteiger partial charge < -0.3 is 11.1 Å². The summed E-state index contributed by atoms with van der Waals surface area (Å²) < 4.78 is 1.70. The van der Waals surface area contributed by atoms with E-state index >= 15 is 0 Å². The zero-order valence-corrected chi connectivity index (χ0v) is 10.8. The number of rotatable bonds is 2. The fourth-order valence-corrected chi connectivity index (χ4v) is 1.82. The maximum atomic E-state index is 6.02. The van der Waals surface area contributed by atoms with Crippen molar-refractivity contribution in [3.05, 3.63) is 28.0 Å². The Hall–Kier alpha value is -1.46. The summed E-state index contributed by atoms with van der Waals surface area (Å²) in [5.41, 5.74) is 7.29. The van der Waals surface area contributed by atoms with E-state index in [1.165, 1.54) is 0 Å². The van der Waals surface area contributed by atoms with Crippen LogP contribution in [0, 0.1) is 6.92 Å². The van der Waals surface area contributed by atoms with E-state index in [0.29, 0.717) is 15.9 Å². The van der Waals surface area contributed by atoms with Gasteiger partial charge in [0.2, 0.25) is 0 Å². The second-order valence-corrected chi connectivity index (χ2v) is 4.43. The fraction of sp³-hybridized carbons (Fsp3) is 0.200. The predicted molar refractivity (Wildman–Crippen MR) is 69.9 cm³/mol. The number of nitrogens with two attached hydrogens (primary N) is 1. The molecule has 3 N–H and O–H groups in total. The third-order valence-corrected chi connectivity index (χ3v) is 2.81. The second-order valence-electron chi connectivity index (χ2n) is 3.61. The van der Waals surface area contributed by atoms with E-state index in [1.54, 1.807) is 10.7 Å². The van der Waals surface area contributed by atoms with Crippen molar-refractivity contribution in [2.75, 3.05) is 11.1 Å². The molecule has 7 heteroatoms. The molecule has 17 heavy (non-hydrogen) atoms. The molecule has 0 aliphatic heterocycles. The molecule has 0 saturated carbocycles. The molecule has 0 aromatic carbocycles. The summed E-state index contributed by atoms with van der Waals surface area (Å²) in [5, 5.41) is 8.01. The van der Waals surface area contributed by atoms with E-state index in [-0.39, 0.29) is 5.82 Å². The topological polar surface area (TPSA) is 68.8 Å². The lowest BCUT2D eigenvalue weighted by Gasteiger charge is -2.07. The first kappa shape index (κ1) is 12.0. The standard InChI is InChI=1S/C10H11Cl2N5/c1-5-8(4-17(2)16-5)14-10-7(12)3-6(11)9(13)15-10/h3-4H,1-2H3,(H3,13,14,15). The average molecular weight is 272 g/mol. The molecular formula is C10H11Cl2N5. The summed E-state index contributed by atoms with van der Waals surface area (Å²) in [6.45, 7) is 1.88. The van der Waals surface area contributed by atoms with Crippen molar-refractivity contribution in [1.29, 1.82) is 0 Å². The van der Waals surface area contributed by atoms with Crippen LogP contribution in [0.3, 0.4) is 0 Å². The van der Waals surface area contributed by atoms with Crippen molar-refractivity contribution in [3.8, 4) is 0 Å². The number of nitrogens with one attached hydrogen (secondary N) is 1. The molecule has 0 aliphatic rings. The number of hydrogen-bond acceptors (Lipinski definition) is 4. The van der Waals surface area contributed by atoms with E-state index in [2.05, 4.69) is 15.4 Å². The van der Waals surface area contributed by atoms with Gasteiger partial charge in [0.15, 0.2) is 5.82 Å². The molecule has 0 atom stereocenters. The quantitative estimate of drug-likeness (QED) is 0.882. The first-order valence-electron chi connectivity index (χ1n) is 4.86. The molecule has 0 amide bonds. The largest absolute Gasteiger partial charge is 0.382 e. The monoisotopic (exact) mass is 271 g/mol. The van der Waals surface area contributed by atoms with Gasteiger partial charge in [-0.15, -0.1) is 0 Å². The van der Waals surface area contributed by atoms with Crippen LogP contribution in [0.2, 0.25) is 10.0 Å². The molecule has 0 unspecified atom stereocenters. The van der Waals surface area contributed by atoms with Crippen LogP contribution in [0.1, 0.15) is 5.69 Å². The van der Waals surface area contributed by atoms with Gasteiger partial charge in [-0.2, -0.15) is 5.10 Å². The number of nitrogens with zero attached hydrogens (tertiary/aromatic N) is 3. The normalized spacial score (nSPS) is 10.6. The van der Waals surface area contributed by atoms with Gasteiger partial charge in [0, 0.05) is 13.2 Å². The lowest BCUT2D eigenvalue weighted by Crippen LogP contribution is -1.99. The fourth-order valence-electron chi connectivity index (χ4n) is 1.42. The van der Waals surface area contributed by atoms with E-state index in [0.717, 1.165) is 11.4 Å². The van der Waals surface area contributed by atoms with Gasteiger partial charge in [0.05, 0.1) is 21.4 Å². The van der Waals surface area contributed by atoms with Crippen LogP contribution in [0.4, 0.5) is 17.3 Å². The maximum absolute atomic E-state index is 6.02. The molecule has 0 saturated heterocycles. The van der Waals surface area contributed by atoms with Gasteiger partial charge in [0.25, 0.3) is 0 Å². The SMILES string of the molecule is Cc1nn(C)cc1Nc1nc(N)c(Cl)cc1Cl. The molecule has 0 spiro atoms. The lowest BCUT2D eigenvalue weighted by molar-refractivity contribution is 0.756. The van der Waals surface area contributed by atoms with Crippen molar-refractivity contribution < 1.29 is 0 Å². The highest BCUT2D eigenvalue weighted by Crippen LogP contribution is 2.30. The zero-order chi connectivity index (χ0) is 12.6. The summed E-state index contributed by atoms with van der Waals surface area (Å²) in [7, 11) is 1.84. The third kappa shape index (κ3) is 2.45. The molecule has 90 valence electrons.